The molecule has 2 aromatic heterocycles. The second kappa shape index (κ2) is 3.77. The number of hydrogen-bond donors (Lipinski definition) is 1. The fraction of sp³-hybridized carbons (Fsp3) is 0.500. The van der Waals surface area contributed by atoms with E-state index in [1.54, 1.807) is 0 Å². The molecule has 4 heteroatoms. The second-order valence-electron chi connectivity index (χ2n) is 4.53. The van der Waals surface area contributed by atoms with Gasteiger partial charge in [0.25, 0.3) is 0 Å². The van der Waals surface area contributed by atoms with Gasteiger partial charge in [0.05, 0.1) is 0 Å². The number of nitrogens with two attached hydrogens (primary N) is 1. The lowest BCUT2D eigenvalue weighted by Crippen LogP contribution is -2.09. The molecule has 3 rings (SSSR count). The Morgan fingerprint density at radius 3 is 2.81 bits per heavy atom. The van der Waals surface area contributed by atoms with E-state index in [9.17, 15) is 0 Å². The molecule has 1 fully saturated rings. The van der Waals surface area contributed by atoms with E-state index < -0.39 is 0 Å². The third kappa shape index (κ3) is 1.54. The van der Waals surface area contributed by atoms with Crippen LogP contribution in [-0.2, 0) is 0 Å². The molecule has 0 unspecified atom stereocenters. The van der Waals surface area contributed by atoms with Gasteiger partial charge in [-0.05, 0) is 25.0 Å². The quantitative estimate of drug-likeness (QED) is 0.796. The zero-order valence-electron chi connectivity index (χ0n) is 9.26. The zero-order valence-corrected chi connectivity index (χ0v) is 9.26. The minimum Gasteiger partial charge on any atom is -0.366 e. The van der Waals surface area contributed by atoms with Crippen LogP contribution in [0.5, 0.6) is 0 Å². The Morgan fingerprint density at radius 1 is 1.19 bits per heavy atom. The van der Waals surface area contributed by atoms with Gasteiger partial charge in [0.2, 0.25) is 5.95 Å². The van der Waals surface area contributed by atoms with Gasteiger partial charge < -0.3 is 5.73 Å². The molecule has 0 amide bonds. The number of pyridine rings is 1. The molecule has 16 heavy (non-hydrogen) atoms. The van der Waals surface area contributed by atoms with Gasteiger partial charge in [-0.3, -0.25) is 0 Å². The fourth-order valence-corrected chi connectivity index (χ4v) is 2.65. The molecular formula is C12H16N4. The average molecular weight is 216 g/mol. The molecule has 0 atom stereocenters. The van der Waals surface area contributed by atoms with Gasteiger partial charge in [-0.25, -0.2) is 4.52 Å². The Kier molecular flexibility index (Phi) is 2.27. The monoisotopic (exact) mass is 216 g/mol. The first-order valence-electron chi connectivity index (χ1n) is 5.96. The summed E-state index contributed by atoms with van der Waals surface area (Å²) in [5, 5.41) is 4.27. The molecule has 2 aromatic rings. The highest BCUT2D eigenvalue weighted by Gasteiger charge is 2.18. The molecule has 0 radical (unpaired) electrons. The maximum Gasteiger partial charge on any atom is 0.240 e. The number of anilines is 1. The number of rotatable bonds is 1. The smallest absolute Gasteiger partial charge is 0.240 e. The van der Waals surface area contributed by atoms with Crippen LogP contribution in [0.4, 0.5) is 5.95 Å². The summed E-state index contributed by atoms with van der Waals surface area (Å²) in [6.45, 7) is 0. The number of fused-ring (bicyclic) bond motifs is 1. The summed E-state index contributed by atoms with van der Waals surface area (Å²) in [5.41, 5.74) is 7.77. The summed E-state index contributed by atoms with van der Waals surface area (Å²) in [6, 6.07) is 6.15. The Labute approximate surface area is 94.5 Å². The normalized spacial score (nSPS) is 18.0. The molecule has 1 saturated carbocycles. The van der Waals surface area contributed by atoms with Crippen molar-refractivity contribution in [2.45, 2.75) is 38.0 Å². The van der Waals surface area contributed by atoms with E-state index in [4.69, 9.17) is 5.73 Å². The molecule has 0 aromatic carbocycles. The van der Waals surface area contributed by atoms with Crippen LogP contribution in [0.25, 0.3) is 5.65 Å². The van der Waals surface area contributed by atoms with Crippen LogP contribution in [0, 0.1) is 0 Å². The molecule has 1 aliphatic rings. The topological polar surface area (TPSA) is 56.2 Å². The molecule has 4 nitrogen and oxygen atoms in total. The molecule has 2 N–H and O–H groups in total. The molecular weight excluding hydrogens is 200 g/mol. The first-order valence-corrected chi connectivity index (χ1v) is 5.96. The van der Waals surface area contributed by atoms with Crippen molar-refractivity contribution < 1.29 is 0 Å². The zero-order chi connectivity index (χ0) is 11.0. The van der Waals surface area contributed by atoms with Crippen molar-refractivity contribution in [2.24, 2.45) is 0 Å². The van der Waals surface area contributed by atoms with Gasteiger partial charge in [0.1, 0.15) is 0 Å². The minimum atomic E-state index is 0.364. The summed E-state index contributed by atoms with van der Waals surface area (Å²) >= 11 is 0. The standard InChI is InChI=1S/C12H16N4/c13-12-14-11-8-4-7-10(16(11)15-12)9-5-2-1-3-6-9/h4,7-9H,1-3,5-6H2,(H2,13,15). The highest BCUT2D eigenvalue weighted by atomic mass is 15.3. The van der Waals surface area contributed by atoms with Crippen LogP contribution in [0.2, 0.25) is 0 Å². The van der Waals surface area contributed by atoms with E-state index in [1.165, 1.54) is 37.8 Å². The summed E-state index contributed by atoms with van der Waals surface area (Å²) < 4.78 is 1.91. The van der Waals surface area contributed by atoms with Gasteiger partial charge in [0.15, 0.2) is 5.65 Å². The van der Waals surface area contributed by atoms with Crippen LogP contribution in [0.1, 0.15) is 43.7 Å². The van der Waals surface area contributed by atoms with Crippen molar-refractivity contribution >= 4 is 11.6 Å². The Bertz CT molecular complexity index is 497. The predicted octanol–water partition coefficient (Wildman–Crippen LogP) is 2.36. The van der Waals surface area contributed by atoms with Gasteiger partial charge in [0, 0.05) is 11.6 Å². The average Bonchev–Trinajstić information content (AvgIpc) is 2.70. The second-order valence-corrected chi connectivity index (χ2v) is 4.53. The van der Waals surface area contributed by atoms with Crippen LogP contribution < -0.4 is 5.73 Å². The summed E-state index contributed by atoms with van der Waals surface area (Å²) in [6.07, 6.45) is 6.54. The van der Waals surface area contributed by atoms with E-state index in [0.29, 0.717) is 11.9 Å². The number of aromatic nitrogens is 3. The molecule has 0 aliphatic heterocycles. The van der Waals surface area contributed by atoms with Crippen LogP contribution in [0.15, 0.2) is 18.2 Å². The van der Waals surface area contributed by atoms with E-state index in [0.717, 1.165) is 5.65 Å². The Morgan fingerprint density at radius 2 is 2.00 bits per heavy atom. The summed E-state index contributed by atoms with van der Waals surface area (Å²) in [4.78, 5) is 4.20. The maximum absolute atomic E-state index is 5.65. The van der Waals surface area contributed by atoms with E-state index in [-0.39, 0.29) is 0 Å². The highest BCUT2D eigenvalue weighted by Crippen LogP contribution is 2.32. The summed E-state index contributed by atoms with van der Waals surface area (Å²) in [5.74, 6) is 0.988. The number of nitrogen functional groups attached to an aromatic ring is 1. The van der Waals surface area contributed by atoms with Gasteiger partial charge in [-0.15, -0.1) is 5.10 Å². The van der Waals surface area contributed by atoms with Crippen LogP contribution >= 0.6 is 0 Å². The van der Waals surface area contributed by atoms with E-state index in [2.05, 4.69) is 16.1 Å². The van der Waals surface area contributed by atoms with Crippen LogP contribution in [0.3, 0.4) is 0 Å². The lowest BCUT2D eigenvalue weighted by Gasteiger charge is -2.21. The lowest BCUT2D eigenvalue weighted by atomic mass is 9.87. The van der Waals surface area contributed by atoms with E-state index in [1.807, 2.05) is 16.6 Å². The number of hydrogen-bond acceptors (Lipinski definition) is 3. The van der Waals surface area contributed by atoms with Gasteiger partial charge >= 0.3 is 0 Å². The molecule has 2 heterocycles. The molecule has 0 bridgehead atoms. The van der Waals surface area contributed by atoms with E-state index >= 15 is 0 Å². The van der Waals surface area contributed by atoms with Crippen molar-refractivity contribution in [1.82, 2.24) is 14.6 Å². The van der Waals surface area contributed by atoms with Gasteiger partial charge in [-0.1, -0.05) is 25.3 Å². The van der Waals surface area contributed by atoms with Crippen molar-refractivity contribution in [3.63, 3.8) is 0 Å². The molecule has 0 saturated heterocycles. The molecule has 1 aliphatic carbocycles. The maximum atomic E-state index is 5.65. The molecule has 84 valence electrons. The van der Waals surface area contributed by atoms with Crippen molar-refractivity contribution in [3.8, 4) is 0 Å². The van der Waals surface area contributed by atoms with Crippen LogP contribution in [-0.4, -0.2) is 14.6 Å². The first kappa shape index (κ1) is 9.63. The largest absolute Gasteiger partial charge is 0.366 e. The third-order valence-electron chi connectivity index (χ3n) is 3.43. The highest BCUT2D eigenvalue weighted by molar-refractivity contribution is 5.43. The fourth-order valence-electron chi connectivity index (χ4n) is 2.65. The predicted molar refractivity (Wildman–Crippen MR) is 63.2 cm³/mol. The summed E-state index contributed by atoms with van der Waals surface area (Å²) in [7, 11) is 0. The third-order valence-corrected chi connectivity index (χ3v) is 3.43. The van der Waals surface area contributed by atoms with Crippen molar-refractivity contribution in [1.29, 1.82) is 0 Å². The molecule has 0 spiro atoms. The van der Waals surface area contributed by atoms with Crippen molar-refractivity contribution in [3.05, 3.63) is 23.9 Å². The first-order chi connectivity index (χ1) is 7.84. The lowest BCUT2D eigenvalue weighted by molar-refractivity contribution is 0.431. The number of nitrogens with zero attached hydrogens (tertiary/aromatic N) is 3. The van der Waals surface area contributed by atoms with Crippen molar-refractivity contribution in [2.75, 3.05) is 5.73 Å². The SMILES string of the molecule is Nc1nc2cccc(C3CCCCC3)n2n1. The Hall–Kier alpha value is -1.58. The Balaban J connectivity index is 2.07. The van der Waals surface area contributed by atoms with Gasteiger partial charge in [-0.2, -0.15) is 4.98 Å². The minimum absolute atomic E-state index is 0.364.